The minimum atomic E-state index is -4.79. The Morgan fingerprint density at radius 1 is 1.11 bits per heavy atom. The molecule has 4 rings (SSSR count). The molecule has 1 atom stereocenters. The SMILES string of the molecule is O=C(CCN1CCCN(c2ccc(Cl)cc2)CC1)N1CC[C@@H](NC2=CC(C(F)(F)F)=C([N+](=O)[O-])CC2)C1. The van der Waals surface area contributed by atoms with Gasteiger partial charge in [-0.05, 0) is 56.1 Å². The lowest BCUT2D eigenvalue weighted by Crippen LogP contribution is -2.37. The first kappa shape index (κ1) is 27.3. The lowest BCUT2D eigenvalue weighted by Gasteiger charge is -2.24. The van der Waals surface area contributed by atoms with Crippen molar-refractivity contribution >= 4 is 23.2 Å². The maximum absolute atomic E-state index is 13.3. The number of hydrogen-bond acceptors (Lipinski definition) is 6. The summed E-state index contributed by atoms with van der Waals surface area (Å²) in [5.74, 6) is 0.0345. The summed E-state index contributed by atoms with van der Waals surface area (Å²) < 4.78 is 39.9. The van der Waals surface area contributed by atoms with Crippen molar-refractivity contribution in [1.29, 1.82) is 0 Å². The maximum Gasteiger partial charge on any atom is 0.422 e. The molecule has 1 amide bonds. The Balaban J connectivity index is 1.24. The molecule has 0 aromatic heterocycles. The van der Waals surface area contributed by atoms with Gasteiger partial charge in [0, 0.05) is 74.6 Å². The zero-order valence-corrected chi connectivity index (χ0v) is 21.2. The van der Waals surface area contributed by atoms with Crippen LogP contribution in [0.3, 0.4) is 0 Å². The highest BCUT2D eigenvalue weighted by Gasteiger charge is 2.42. The van der Waals surface area contributed by atoms with Crippen LogP contribution in [0.1, 0.15) is 32.1 Å². The number of nitrogens with zero attached hydrogens (tertiary/aromatic N) is 4. The van der Waals surface area contributed by atoms with Crippen LogP contribution in [0.25, 0.3) is 0 Å². The van der Waals surface area contributed by atoms with Crippen molar-refractivity contribution in [1.82, 2.24) is 15.1 Å². The standard InChI is InChI=1S/C25H31ClF3N5O3/c26-18-2-5-21(6-3-18)32-11-1-10-31(14-15-32)12-9-24(35)33-13-8-20(17-33)30-19-4-7-23(34(36)37)22(16-19)25(27,28)29/h2-3,5-6,16,20,30H,1,4,7-15,17H2/t20-/m1/s1. The van der Waals surface area contributed by atoms with Gasteiger partial charge in [-0.15, -0.1) is 0 Å². The van der Waals surface area contributed by atoms with Crippen LogP contribution < -0.4 is 10.2 Å². The smallest absolute Gasteiger partial charge is 0.384 e. The Kier molecular flexibility index (Phi) is 8.63. The van der Waals surface area contributed by atoms with Gasteiger partial charge >= 0.3 is 6.18 Å². The number of carbonyl (C=O) groups excluding carboxylic acids is 1. The zero-order valence-electron chi connectivity index (χ0n) is 20.5. The summed E-state index contributed by atoms with van der Waals surface area (Å²) in [6.07, 6.45) is -2.07. The summed E-state index contributed by atoms with van der Waals surface area (Å²) in [6.45, 7) is 5.19. The number of likely N-dealkylation sites (tertiary alicyclic amines) is 1. The van der Waals surface area contributed by atoms with Crippen LogP contribution in [0, 0.1) is 10.1 Å². The Morgan fingerprint density at radius 3 is 2.57 bits per heavy atom. The molecule has 1 aromatic rings. The minimum Gasteiger partial charge on any atom is -0.384 e. The normalized spacial score (nSPS) is 21.6. The highest BCUT2D eigenvalue weighted by atomic mass is 35.5. The van der Waals surface area contributed by atoms with E-state index in [1.54, 1.807) is 4.90 Å². The molecule has 8 nitrogen and oxygen atoms in total. The van der Waals surface area contributed by atoms with Crippen molar-refractivity contribution in [3.05, 3.63) is 62.4 Å². The van der Waals surface area contributed by atoms with Gasteiger partial charge in [-0.1, -0.05) is 11.6 Å². The lowest BCUT2D eigenvalue weighted by molar-refractivity contribution is -0.430. The predicted molar refractivity (Wildman–Crippen MR) is 135 cm³/mol. The van der Waals surface area contributed by atoms with E-state index in [9.17, 15) is 28.1 Å². The number of carbonyl (C=O) groups is 1. The summed E-state index contributed by atoms with van der Waals surface area (Å²) in [6, 6.07) is 7.63. The summed E-state index contributed by atoms with van der Waals surface area (Å²) in [4.78, 5) is 29.3. The Labute approximate surface area is 218 Å². The molecule has 202 valence electrons. The molecule has 2 aliphatic heterocycles. The molecule has 12 heteroatoms. The van der Waals surface area contributed by atoms with Crippen molar-refractivity contribution in [2.75, 3.05) is 50.7 Å². The summed E-state index contributed by atoms with van der Waals surface area (Å²) in [5.41, 5.74) is -0.541. The van der Waals surface area contributed by atoms with Crippen molar-refractivity contribution in [3.63, 3.8) is 0 Å². The van der Waals surface area contributed by atoms with Crippen molar-refractivity contribution in [2.45, 2.75) is 44.3 Å². The highest BCUT2D eigenvalue weighted by Crippen LogP contribution is 2.35. The number of anilines is 1. The molecule has 0 saturated carbocycles. The van der Waals surface area contributed by atoms with E-state index in [0.717, 1.165) is 44.4 Å². The van der Waals surface area contributed by atoms with Crippen molar-refractivity contribution < 1.29 is 22.9 Å². The molecule has 2 fully saturated rings. The molecule has 0 spiro atoms. The first-order valence-electron chi connectivity index (χ1n) is 12.5. The first-order chi connectivity index (χ1) is 17.6. The summed E-state index contributed by atoms with van der Waals surface area (Å²) in [5, 5.41) is 14.8. The number of allylic oxidation sites excluding steroid dienone is 4. The van der Waals surface area contributed by atoms with Gasteiger partial charge in [-0.2, -0.15) is 13.2 Å². The Bertz CT molecular complexity index is 1060. The van der Waals surface area contributed by atoms with Crippen LogP contribution in [0.4, 0.5) is 18.9 Å². The third-order valence-corrected chi connectivity index (χ3v) is 7.39. The van der Waals surface area contributed by atoms with E-state index >= 15 is 0 Å². The van der Waals surface area contributed by atoms with Crippen molar-refractivity contribution in [2.24, 2.45) is 0 Å². The van der Waals surface area contributed by atoms with E-state index in [1.807, 2.05) is 24.3 Å². The van der Waals surface area contributed by atoms with Gasteiger partial charge in [0.05, 0.1) is 4.92 Å². The number of benzene rings is 1. The van der Waals surface area contributed by atoms with Gasteiger partial charge in [-0.3, -0.25) is 14.9 Å². The van der Waals surface area contributed by atoms with Gasteiger partial charge in [0.15, 0.2) is 0 Å². The van der Waals surface area contributed by atoms with E-state index in [-0.39, 0.29) is 24.8 Å². The molecule has 1 N–H and O–H groups in total. The molecular weight excluding hydrogens is 511 g/mol. The average Bonchev–Trinajstić information content (AvgIpc) is 3.19. The second kappa shape index (κ2) is 11.7. The van der Waals surface area contributed by atoms with E-state index in [2.05, 4.69) is 15.1 Å². The van der Waals surface area contributed by atoms with Gasteiger partial charge in [0.2, 0.25) is 5.91 Å². The monoisotopic (exact) mass is 541 g/mol. The van der Waals surface area contributed by atoms with Crippen LogP contribution >= 0.6 is 11.6 Å². The van der Waals surface area contributed by atoms with Crippen LogP contribution in [0.2, 0.25) is 5.02 Å². The molecular formula is C25H31ClF3N5O3. The van der Waals surface area contributed by atoms with E-state index in [1.165, 1.54) is 0 Å². The maximum atomic E-state index is 13.3. The predicted octanol–water partition coefficient (Wildman–Crippen LogP) is 4.20. The number of nitro groups is 1. The van der Waals surface area contributed by atoms with Gasteiger partial charge in [0.1, 0.15) is 5.57 Å². The number of halogens is 4. The molecule has 3 aliphatic rings. The number of amides is 1. The fourth-order valence-electron chi connectivity index (χ4n) is 5.15. The van der Waals surface area contributed by atoms with Crippen LogP contribution in [0.5, 0.6) is 0 Å². The van der Waals surface area contributed by atoms with Crippen LogP contribution in [-0.4, -0.2) is 78.7 Å². The number of hydrogen-bond donors (Lipinski definition) is 1. The van der Waals surface area contributed by atoms with Gasteiger partial charge in [0.25, 0.3) is 5.70 Å². The zero-order chi connectivity index (χ0) is 26.6. The summed E-state index contributed by atoms with van der Waals surface area (Å²) in [7, 11) is 0. The fraction of sp³-hybridized carbons (Fsp3) is 0.560. The minimum absolute atomic E-state index is 0.0345. The molecule has 2 heterocycles. The number of rotatable bonds is 7. The quantitative estimate of drug-likeness (QED) is 0.411. The topological polar surface area (TPSA) is 82.0 Å². The first-order valence-corrected chi connectivity index (χ1v) is 12.9. The Morgan fingerprint density at radius 2 is 1.86 bits per heavy atom. The lowest BCUT2D eigenvalue weighted by atomic mass is 9.99. The molecule has 1 aliphatic carbocycles. The molecule has 2 saturated heterocycles. The second-order valence-corrected chi connectivity index (χ2v) is 10.1. The largest absolute Gasteiger partial charge is 0.422 e. The number of nitrogens with one attached hydrogen (secondary N) is 1. The van der Waals surface area contributed by atoms with E-state index in [4.69, 9.17) is 11.6 Å². The van der Waals surface area contributed by atoms with Gasteiger partial charge < -0.3 is 20.0 Å². The highest BCUT2D eigenvalue weighted by molar-refractivity contribution is 6.30. The average molecular weight is 542 g/mol. The van der Waals surface area contributed by atoms with Crippen molar-refractivity contribution in [3.8, 4) is 0 Å². The van der Waals surface area contributed by atoms with Crippen LogP contribution in [-0.2, 0) is 4.79 Å². The molecule has 0 unspecified atom stereocenters. The third kappa shape index (κ3) is 7.16. The molecule has 0 bridgehead atoms. The molecule has 37 heavy (non-hydrogen) atoms. The van der Waals surface area contributed by atoms with Gasteiger partial charge in [-0.25, -0.2) is 0 Å². The second-order valence-electron chi connectivity index (χ2n) is 9.66. The third-order valence-electron chi connectivity index (χ3n) is 7.14. The number of alkyl halides is 3. The fourth-order valence-corrected chi connectivity index (χ4v) is 5.28. The Hall–Kier alpha value is -2.79. The van der Waals surface area contributed by atoms with Crippen LogP contribution in [0.15, 0.2) is 47.3 Å². The molecule has 0 radical (unpaired) electrons. The summed E-state index contributed by atoms with van der Waals surface area (Å²) >= 11 is 5.99. The van der Waals surface area contributed by atoms with E-state index < -0.39 is 22.4 Å². The molecule has 1 aromatic carbocycles. The van der Waals surface area contributed by atoms with E-state index in [0.29, 0.717) is 43.2 Å².